The number of hydrogen-bond donors (Lipinski definition) is 0. The van der Waals surface area contributed by atoms with Crippen molar-refractivity contribution in [3.8, 4) is 0 Å². The summed E-state index contributed by atoms with van der Waals surface area (Å²) < 4.78 is 12.2. The number of carbonyl (C=O) groups is 1. The van der Waals surface area contributed by atoms with Gasteiger partial charge in [-0.3, -0.25) is 4.79 Å². The molecule has 3 nitrogen and oxygen atoms in total. The van der Waals surface area contributed by atoms with E-state index in [1.54, 1.807) is 6.07 Å². The first-order valence-corrected chi connectivity index (χ1v) is 8.48. The number of ether oxygens (including phenoxy) is 2. The maximum Gasteiger partial charge on any atom is 0.166 e. The third-order valence-electron chi connectivity index (χ3n) is 4.47. The highest BCUT2D eigenvalue weighted by Gasteiger charge is 2.41. The first-order chi connectivity index (χ1) is 10.1. The maximum atomic E-state index is 12.7. The lowest BCUT2D eigenvalue weighted by atomic mass is 9.78. The van der Waals surface area contributed by atoms with E-state index in [-0.39, 0.29) is 17.3 Å². The second kappa shape index (κ2) is 6.37. The third-order valence-corrected chi connectivity index (χ3v) is 5.70. The van der Waals surface area contributed by atoms with Crippen LogP contribution in [-0.2, 0) is 9.47 Å². The predicted molar refractivity (Wildman–Crippen MR) is 84.9 cm³/mol. The molecule has 5 heteroatoms. The minimum absolute atomic E-state index is 0.0223. The molecule has 2 heterocycles. The molecule has 0 radical (unpaired) electrons. The summed E-state index contributed by atoms with van der Waals surface area (Å²) in [5.41, 5.74) is 0.535. The molecule has 1 aromatic carbocycles. The molecule has 114 valence electrons. The van der Waals surface area contributed by atoms with Crippen molar-refractivity contribution in [2.24, 2.45) is 5.92 Å². The smallest absolute Gasteiger partial charge is 0.166 e. The topological polar surface area (TPSA) is 35.5 Å². The second-order valence-corrected chi connectivity index (χ2v) is 7.09. The van der Waals surface area contributed by atoms with Gasteiger partial charge in [-0.05, 0) is 53.7 Å². The van der Waals surface area contributed by atoms with E-state index in [1.807, 2.05) is 12.1 Å². The van der Waals surface area contributed by atoms with Gasteiger partial charge in [0.2, 0.25) is 0 Å². The molecule has 0 aliphatic carbocycles. The summed E-state index contributed by atoms with van der Waals surface area (Å²) in [6, 6.07) is 5.42. The van der Waals surface area contributed by atoms with Crippen LogP contribution in [0.15, 0.2) is 22.7 Å². The Labute approximate surface area is 138 Å². The zero-order valence-corrected chi connectivity index (χ0v) is 14.1. The van der Waals surface area contributed by atoms with E-state index in [0.29, 0.717) is 17.2 Å². The number of benzene rings is 1. The van der Waals surface area contributed by atoms with Crippen LogP contribution in [0.1, 0.15) is 36.0 Å². The molecular formula is C16H18BrClO3. The fourth-order valence-electron chi connectivity index (χ4n) is 3.23. The minimum atomic E-state index is -0.157. The van der Waals surface area contributed by atoms with Crippen LogP contribution in [0.2, 0.25) is 5.02 Å². The van der Waals surface area contributed by atoms with Crippen molar-refractivity contribution in [2.75, 3.05) is 19.8 Å². The molecule has 2 aliphatic rings. The van der Waals surface area contributed by atoms with Gasteiger partial charge in [0.15, 0.2) is 5.78 Å². The molecule has 3 rings (SSSR count). The fraction of sp³-hybridized carbons (Fsp3) is 0.562. The van der Waals surface area contributed by atoms with Crippen molar-refractivity contribution < 1.29 is 14.3 Å². The van der Waals surface area contributed by atoms with E-state index < -0.39 is 0 Å². The molecule has 21 heavy (non-hydrogen) atoms. The minimum Gasteiger partial charge on any atom is -0.381 e. The van der Waals surface area contributed by atoms with Gasteiger partial charge in [0.1, 0.15) is 0 Å². The largest absolute Gasteiger partial charge is 0.381 e. The van der Waals surface area contributed by atoms with Gasteiger partial charge in [0.05, 0.1) is 10.6 Å². The Bertz CT molecular complexity index is 535. The molecule has 1 aromatic rings. The molecule has 2 saturated heterocycles. The zero-order valence-electron chi connectivity index (χ0n) is 11.7. The quantitative estimate of drug-likeness (QED) is 0.727. The van der Waals surface area contributed by atoms with Gasteiger partial charge in [-0.15, -0.1) is 0 Å². The van der Waals surface area contributed by atoms with Crippen LogP contribution in [0, 0.1) is 5.92 Å². The lowest BCUT2D eigenvalue weighted by Crippen LogP contribution is -2.45. The number of Topliss-reactive ketones (excluding diaryl/α,β-unsaturated/α-hetero) is 1. The van der Waals surface area contributed by atoms with Gasteiger partial charge in [-0.1, -0.05) is 17.7 Å². The van der Waals surface area contributed by atoms with Crippen molar-refractivity contribution in [2.45, 2.75) is 31.3 Å². The van der Waals surface area contributed by atoms with Gasteiger partial charge < -0.3 is 9.47 Å². The van der Waals surface area contributed by atoms with Crippen LogP contribution in [0.4, 0.5) is 0 Å². The molecule has 0 aromatic heterocycles. The van der Waals surface area contributed by atoms with Gasteiger partial charge in [-0.2, -0.15) is 0 Å². The van der Waals surface area contributed by atoms with Crippen molar-refractivity contribution >= 4 is 33.3 Å². The molecule has 0 bridgehead atoms. The van der Waals surface area contributed by atoms with Crippen molar-refractivity contribution in [3.05, 3.63) is 33.3 Å². The summed E-state index contributed by atoms with van der Waals surface area (Å²) in [4.78, 5) is 12.7. The Morgan fingerprint density at radius 2 is 2.05 bits per heavy atom. The summed E-state index contributed by atoms with van der Waals surface area (Å²) in [5.74, 6) is 0.202. The zero-order chi connectivity index (χ0) is 14.9. The Morgan fingerprint density at radius 3 is 2.76 bits per heavy atom. The number of hydrogen-bond acceptors (Lipinski definition) is 3. The first kappa shape index (κ1) is 15.5. The van der Waals surface area contributed by atoms with E-state index in [4.69, 9.17) is 21.1 Å². The van der Waals surface area contributed by atoms with E-state index in [9.17, 15) is 4.79 Å². The molecule has 0 saturated carbocycles. The van der Waals surface area contributed by atoms with Crippen LogP contribution >= 0.6 is 27.5 Å². The molecule has 2 aliphatic heterocycles. The number of ketones is 1. The van der Waals surface area contributed by atoms with E-state index in [0.717, 1.165) is 43.4 Å². The second-order valence-electron chi connectivity index (χ2n) is 5.83. The third kappa shape index (κ3) is 3.34. The Morgan fingerprint density at radius 1 is 1.29 bits per heavy atom. The van der Waals surface area contributed by atoms with E-state index >= 15 is 0 Å². The Hall–Kier alpha value is -0.420. The van der Waals surface area contributed by atoms with Crippen LogP contribution in [-0.4, -0.2) is 31.2 Å². The highest BCUT2D eigenvalue weighted by atomic mass is 79.9. The molecule has 1 unspecified atom stereocenters. The number of carbonyl (C=O) groups excluding carboxylic acids is 1. The Balaban J connectivity index is 1.76. The molecule has 1 atom stereocenters. The van der Waals surface area contributed by atoms with Crippen molar-refractivity contribution in [1.29, 1.82) is 0 Å². The standard InChI is InChI=1S/C16H18BrClO3/c17-13-2-1-11(9-14(13)18)15(19)12-3-6-21-16(10-12)4-7-20-8-5-16/h1-2,9,12H,3-8,10H2. The van der Waals surface area contributed by atoms with Crippen molar-refractivity contribution in [3.63, 3.8) is 0 Å². The average Bonchev–Trinajstić information content (AvgIpc) is 2.50. The van der Waals surface area contributed by atoms with Crippen LogP contribution < -0.4 is 0 Å². The lowest BCUT2D eigenvalue weighted by molar-refractivity contribution is -0.142. The molecule has 1 spiro atoms. The lowest BCUT2D eigenvalue weighted by Gasteiger charge is -2.42. The number of rotatable bonds is 2. The SMILES string of the molecule is O=C(c1ccc(Br)c(Cl)c1)C1CCOC2(CCOCC2)C1. The van der Waals surface area contributed by atoms with Gasteiger partial charge in [-0.25, -0.2) is 0 Å². The summed E-state index contributed by atoms with van der Waals surface area (Å²) in [7, 11) is 0. The van der Waals surface area contributed by atoms with E-state index in [2.05, 4.69) is 15.9 Å². The van der Waals surface area contributed by atoms with E-state index in [1.165, 1.54) is 0 Å². The molecular weight excluding hydrogens is 356 g/mol. The summed E-state index contributed by atoms with van der Waals surface area (Å²) in [6.07, 6.45) is 3.35. The van der Waals surface area contributed by atoms with Crippen LogP contribution in [0.5, 0.6) is 0 Å². The first-order valence-electron chi connectivity index (χ1n) is 7.31. The van der Waals surface area contributed by atoms with Gasteiger partial charge >= 0.3 is 0 Å². The maximum absolute atomic E-state index is 12.7. The van der Waals surface area contributed by atoms with Crippen LogP contribution in [0.3, 0.4) is 0 Å². The summed E-state index contributed by atoms with van der Waals surface area (Å²) >= 11 is 9.45. The molecule has 2 fully saturated rings. The predicted octanol–water partition coefficient (Wildman–Crippen LogP) is 4.26. The molecule has 0 amide bonds. The highest BCUT2D eigenvalue weighted by molar-refractivity contribution is 9.10. The van der Waals surface area contributed by atoms with Gasteiger partial charge in [0, 0.05) is 35.8 Å². The van der Waals surface area contributed by atoms with Crippen LogP contribution in [0.25, 0.3) is 0 Å². The average molecular weight is 374 g/mol. The normalized spacial score (nSPS) is 25.0. The highest BCUT2D eigenvalue weighted by Crippen LogP contribution is 2.38. The number of halogens is 2. The fourth-order valence-corrected chi connectivity index (χ4v) is 3.66. The van der Waals surface area contributed by atoms with Gasteiger partial charge in [0.25, 0.3) is 0 Å². The Kier molecular flexibility index (Phi) is 4.69. The summed E-state index contributed by atoms with van der Waals surface area (Å²) in [5, 5.41) is 0.577. The van der Waals surface area contributed by atoms with Crippen molar-refractivity contribution in [1.82, 2.24) is 0 Å². The monoisotopic (exact) mass is 372 g/mol. The summed E-state index contributed by atoms with van der Waals surface area (Å²) in [6.45, 7) is 2.11. The molecule has 0 N–H and O–H groups in total.